The lowest BCUT2D eigenvalue weighted by atomic mass is 10.2. The van der Waals surface area contributed by atoms with Crippen LogP contribution in [0.2, 0.25) is 0 Å². The predicted octanol–water partition coefficient (Wildman–Crippen LogP) is 3.73. The molecule has 138 valence electrons. The average Bonchev–Trinajstić information content (AvgIpc) is 3.04. The number of thiazole rings is 1. The van der Waals surface area contributed by atoms with E-state index < -0.39 is 0 Å². The molecule has 2 N–H and O–H groups in total. The van der Waals surface area contributed by atoms with E-state index >= 15 is 0 Å². The smallest absolute Gasteiger partial charge is 0.267 e. The number of hydrogen-bond donors (Lipinski definition) is 2. The van der Waals surface area contributed by atoms with Crippen molar-refractivity contribution in [1.82, 2.24) is 9.97 Å². The summed E-state index contributed by atoms with van der Waals surface area (Å²) < 4.78 is 5.30. The van der Waals surface area contributed by atoms with Gasteiger partial charge in [-0.1, -0.05) is 6.07 Å². The lowest BCUT2D eigenvalue weighted by Crippen LogP contribution is -2.13. The molecular formula is C19H18N4O3S. The molecular weight excluding hydrogens is 364 g/mol. The summed E-state index contributed by atoms with van der Waals surface area (Å²) in [6.45, 7) is 3.20. The number of carbonyl (C=O) groups excluding carboxylic acids is 2. The second kappa shape index (κ2) is 7.96. The molecule has 2 heterocycles. The van der Waals surface area contributed by atoms with E-state index in [1.807, 2.05) is 18.2 Å². The van der Waals surface area contributed by atoms with Gasteiger partial charge in [-0.05, 0) is 37.3 Å². The van der Waals surface area contributed by atoms with Crippen molar-refractivity contribution >= 4 is 34.5 Å². The maximum absolute atomic E-state index is 12.8. The minimum absolute atomic E-state index is 0.198. The largest absolute Gasteiger partial charge is 0.495 e. The summed E-state index contributed by atoms with van der Waals surface area (Å²) in [5.41, 5.74) is 2.36. The number of nitrogens with one attached hydrogen (secondary N) is 2. The standard InChI is InChI=1S/C19H18N4O3S/c1-11-17(27-19(21-11)14-6-4-5-9-20-14)18(25)23-15-10-13(22-12(2)24)7-8-16(15)26-3/h4-10H,1-3H3,(H,22,24)(H,23,25). The summed E-state index contributed by atoms with van der Waals surface area (Å²) >= 11 is 1.27. The van der Waals surface area contributed by atoms with Gasteiger partial charge in [-0.2, -0.15) is 0 Å². The third-order valence-electron chi connectivity index (χ3n) is 3.65. The van der Waals surface area contributed by atoms with Crippen LogP contribution in [0.3, 0.4) is 0 Å². The van der Waals surface area contributed by atoms with Crippen molar-refractivity contribution in [3.05, 3.63) is 53.2 Å². The van der Waals surface area contributed by atoms with Crippen LogP contribution in [0.1, 0.15) is 22.3 Å². The molecule has 1 aromatic carbocycles. The number of nitrogens with zero attached hydrogens (tertiary/aromatic N) is 2. The molecule has 0 atom stereocenters. The zero-order valence-corrected chi connectivity index (χ0v) is 15.9. The summed E-state index contributed by atoms with van der Waals surface area (Å²) in [6.07, 6.45) is 1.68. The van der Waals surface area contributed by atoms with E-state index in [1.54, 1.807) is 31.3 Å². The molecule has 0 aliphatic rings. The highest BCUT2D eigenvalue weighted by Crippen LogP contribution is 2.31. The lowest BCUT2D eigenvalue weighted by molar-refractivity contribution is -0.114. The van der Waals surface area contributed by atoms with Crippen LogP contribution in [-0.2, 0) is 4.79 Å². The molecule has 0 spiro atoms. The van der Waals surface area contributed by atoms with Crippen molar-refractivity contribution in [2.75, 3.05) is 17.7 Å². The molecule has 0 aliphatic heterocycles. The summed E-state index contributed by atoms with van der Waals surface area (Å²) in [4.78, 5) is 33.2. The van der Waals surface area contributed by atoms with E-state index in [9.17, 15) is 9.59 Å². The normalized spacial score (nSPS) is 10.3. The maximum Gasteiger partial charge on any atom is 0.267 e. The number of aryl methyl sites for hydroxylation is 1. The molecule has 0 unspecified atom stereocenters. The van der Waals surface area contributed by atoms with Gasteiger partial charge in [0.05, 0.1) is 24.2 Å². The molecule has 0 saturated heterocycles. The Balaban J connectivity index is 1.87. The van der Waals surface area contributed by atoms with E-state index in [4.69, 9.17) is 4.74 Å². The Morgan fingerprint density at radius 1 is 1.15 bits per heavy atom. The molecule has 3 rings (SSSR count). The van der Waals surface area contributed by atoms with E-state index in [2.05, 4.69) is 20.6 Å². The van der Waals surface area contributed by atoms with Gasteiger partial charge in [0, 0.05) is 18.8 Å². The number of rotatable bonds is 5. The second-order valence-electron chi connectivity index (χ2n) is 5.70. The molecule has 27 heavy (non-hydrogen) atoms. The first kappa shape index (κ1) is 18.5. The Kier molecular flexibility index (Phi) is 5.46. The van der Waals surface area contributed by atoms with Crippen molar-refractivity contribution in [3.8, 4) is 16.5 Å². The number of amides is 2. The van der Waals surface area contributed by atoms with E-state index in [0.29, 0.717) is 32.7 Å². The van der Waals surface area contributed by atoms with Crippen molar-refractivity contribution in [2.45, 2.75) is 13.8 Å². The quantitative estimate of drug-likeness (QED) is 0.701. The molecule has 0 saturated carbocycles. The SMILES string of the molecule is COc1ccc(NC(C)=O)cc1NC(=O)c1sc(-c2ccccn2)nc1C. The average molecular weight is 382 g/mol. The highest BCUT2D eigenvalue weighted by Gasteiger charge is 2.18. The number of aromatic nitrogens is 2. The minimum atomic E-state index is -0.301. The van der Waals surface area contributed by atoms with Crippen molar-refractivity contribution in [2.24, 2.45) is 0 Å². The van der Waals surface area contributed by atoms with Gasteiger partial charge in [0.1, 0.15) is 15.6 Å². The fourth-order valence-corrected chi connectivity index (χ4v) is 3.41. The summed E-state index contributed by atoms with van der Waals surface area (Å²) in [5.74, 6) is -0.00854. The topological polar surface area (TPSA) is 93.2 Å². The number of carbonyl (C=O) groups is 2. The molecule has 2 aromatic heterocycles. The first-order valence-corrected chi connectivity index (χ1v) is 8.95. The summed E-state index contributed by atoms with van der Waals surface area (Å²) in [7, 11) is 1.51. The highest BCUT2D eigenvalue weighted by molar-refractivity contribution is 7.17. The second-order valence-corrected chi connectivity index (χ2v) is 6.70. The third-order valence-corrected chi connectivity index (χ3v) is 4.83. The molecule has 0 bridgehead atoms. The van der Waals surface area contributed by atoms with Gasteiger partial charge in [-0.3, -0.25) is 14.6 Å². The molecule has 0 fully saturated rings. The van der Waals surface area contributed by atoms with Crippen LogP contribution in [0, 0.1) is 6.92 Å². The van der Waals surface area contributed by atoms with Gasteiger partial charge >= 0.3 is 0 Å². The number of anilines is 2. The fraction of sp³-hybridized carbons (Fsp3) is 0.158. The number of benzene rings is 1. The molecule has 7 nitrogen and oxygen atoms in total. The van der Waals surface area contributed by atoms with Gasteiger partial charge < -0.3 is 15.4 Å². The first-order chi connectivity index (χ1) is 13.0. The van der Waals surface area contributed by atoms with Crippen LogP contribution in [-0.4, -0.2) is 28.9 Å². The summed E-state index contributed by atoms with van der Waals surface area (Å²) in [5, 5.41) is 6.19. The van der Waals surface area contributed by atoms with E-state index in [0.717, 1.165) is 5.69 Å². The van der Waals surface area contributed by atoms with Crippen LogP contribution in [0.25, 0.3) is 10.7 Å². The van der Waals surface area contributed by atoms with Gasteiger partial charge in [-0.15, -0.1) is 11.3 Å². The Morgan fingerprint density at radius 3 is 2.63 bits per heavy atom. The zero-order valence-electron chi connectivity index (χ0n) is 15.1. The Morgan fingerprint density at radius 2 is 1.96 bits per heavy atom. The zero-order chi connectivity index (χ0) is 19.4. The highest BCUT2D eigenvalue weighted by atomic mass is 32.1. The van der Waals surface area contributed by atoms with Crippen LogP contribution >= 0.6 is 11.3 Å². The number of ether oxygens (including phenoxy) is 1. The third kappa shape index (κ3) is 4.29. The van der Waals surface area contributed by atoms with Crippen molar-refractivity contribution < 1.29 is 14.3 Å². The Hall–Kier alpha value is -3.26. The van der Waals surface area contributed by atoms with Crippen LogP contribution in [0.5, 0.6) is 5.75 Å². The maximum atomic E-state index is 12.8. The first-order valence-electron chi connectivity index (χ1n) is 8.13. The van der Waals surface area contributed by atoms with Crippen LogP contribution < -0.4 is 15.4 Å². The molecule has 0 aliphatic carbocycles. The van der Waals surface area contributed by atoms with Crippen molar-refractivity contribution in [3.63, 3.8) is 0 Å². The van der Waals surface area contributed by atoms with E-state index in [1.165, 1.54) is 25.4 Å². The van der Waals surface area contributed by atoms with Gasteiger partial charge in [0.15, 0.2) is 0 Å². The van der Waals surface area contributed by atoms with Gasteiger partial charge in [0.25, 0.3) is 5.91 Å². The number of pyridine rings is 1. The Labute approximate surface area is 160 Å². The number of methoxy groups -OCH3 is 1. The van der Waals surface area contributed by atoms with Crippen LogP contribution in [0.15, 0.2) is 42.6 Å². The molecule has 0 radical (unpaired) electrons. The summed E-state index contributed by atoms with van der Waals surface area (Å²) in [6, 6.07) is 10.6. The minimum Gasteiger partial charge on any atom is -0.495 e. The lowest BCUT2D eigenvalue weighted by Gasteiger charge is -2.12. The fourth-order valence-electron chi connectivity index (χ4n) is 2.47. The molecule has 2 amide bonds. The predicted molar refractivity (Wildman–Crippen MR) is 105 cm³/mol. The monoisotopic (exact) mass is 382 g/mol. The molecule has 3 aromatic rings. The van der Waals surface area contributed by atoms with Gasteiger partial charge in [0.2, 0.25) is 5.91 Å². The van der Waals surface area contributed by atoms with Crippen molar-refractivity contribution in [1.29, 1.82) is 0 Å². The van der Waals surface area contributed by atoms with E-state index in [-0.39, 0.29) is 11.8 Å². The number of hydrogen-bond acceptors (Lipinski definition) is 6. The van der Waals surface area contributed by atoms with Gasteiger partial charge in [-0.25, -0.2) is 4.98 Å². The van der Waals surface area contributed by atoms with Crippen LogP contribution in [0.4, 0.5) is 11.4 Å². The Bertz CT molecular complexity index is 986. The molecule has 8 heteroatoms.